The Hall–Kier alpha value is -0.380. The first kappa shape index (κ1) is 22.6. The lowest BCUT2D eigenvalue weighted by Gasteiger charge is -2.49. The van der Waals surface area contributed by atoms with Crippen molar-refractivity contribution in [1.82, 2.24) is 0 Å². The Morgan fingerprint density at radius 1 is 0.870 bits per heavy atom. The number of rotatable bonds is 14. The van der Waals surface area contributed by atoms with Crippen LogP contribution in [0.15, 0.2) is 12.2 Å². The van der Waals surface area contributed by atoms with E-state index in [-0.39, 0.29) is 5.41 Å². The van der Waals surface area contributed by atoms with E-state index in [9.17, 15) is 0 Å². The molecule has 2 atom stereocenters. The van der Waals surface area contributed by atoms with Crippen molar-refractivity contribution in [3.63, 3.8) is 0 Å². The lowest BCUT2D eigenvalue weighted by Crippen LogP contribution is -2.55. The highest BCUT2D eigenvalue weighted by Gasteiger charge is 2.54. The van der Waals surface area contributed by atoms with Gasteiger partial charge in [-0.2, -0.15) is 0 Å². The minimum Gasteiger partial charge on any atom is -0.330 e. The maximum atomic E-state index is 5.78. The second-order valence-electron chi connectivity index (χ2n) is 6.56. The van der Waals surface area contributed by atoms with Crippen molar-refractivity contribution >= 4 is 0 Å². The number of methoxy groups -OCH3 is 3. The summed E-state index contributed by atoms with van der Waals surface area (Å²) < 4.78 is 17.3. The van der Waals surface area contributed by atoms with Crippen LogP contribution in [0.25, 0.3) is 0 Å². The molecule has 0 aromatic carbocycles. The fourth-order valence-corrected chi connectivity index (χ4v) is 3.89. The van der Waals surface area contributed by atoms with E-state index in [2.05, 4.69) is 39.8 Å². The molecule has 0 bridgehead atoms. The van der Waals surface area contributed by atoms with Crippen molar-refractivity contribution in [3.8, 4) is 0 Å². The molecule has 0 saturated heterocycles. The van der Waals surface area contributed by atoms with Gasteiger partial charge >= 0.3 is 0 Å². The first-order valence-electron chi connectivity index (χ1n) is 9.33. The molecule has 3 heteroatoms. The van der Waals surface area contributed by atoms with Gasteiger partial charge in [-0.1, -0.05) is 71.4 Å². The highest BCUT2D eigenvalue weighted by molar-refractivity contribution is 5.07. The molecular formula is C20H40O3. The van der Waals surface area contributed by atoms with Crippen molar-refractivity contribution < 1.29 is 14.2 Å². The minimum atomic E-state index is -1.03. The Morgan fingerprint density at radius 2 is 1.43 bits per heavy atom. The van der Waals surface area contributed by atoms with Crippen LogP contribution in [0.1, 0.15) is 79.1 Å². The van der Waals surface area contributed by atoms with E-state index < -0.39 is 5.97 Å². The predicted octanol–water partition coefficient (Wildman–Crippen LogP) is 5.94. The normalized spacial score (nSPS) is 16.7. The summed E-state index contributed by atoms with van der Waals surface area (Å²) in [7, 11) is 5.03. The van der Waals surface area contributed by atoms with Gasteiger partial charge in [0.2, 0.25) is 0 Å². The number of allylic oxidation sites excluding steroid dienone is 1. The molecule has 0 rings (SSSR count). The molecular weight excluding hydrogens is 288 g/mol. The van der Waals surface area contributed by atoms with Gasteiger partial charge in [0.25, 0.3) is 5.97 Å². The summed E-state index contributed by atoms with van der Waals surface area (Å²) >= 11 is 0. The van der Waals surface area contributed by atoms with Gasteiger partial charge < -0.3 is 14.2 Å². The van der Waals surface area contributed by atoms with Crippen molar-refractivity contribution in [2.24, 2.45) is 11.3 Å². The zero-order chi connectivity index (χ0) is 17.8. The third-order valence-electron chi connectivity index (χ3n) is 5.12. The van der Waals surface area contributed by atoms with E-state index in [0.29, 0.717) is 5.92 Å². The summed E-state index contributed by atoms with van der Waals surface area (Å²) in [6.07, 6.45) is 14.0. The number of hydrogen-bond donors (Lipinski definition) is 0. The van der Waals surface area contributed by atoms with Crippen LogP contribution in [-0.2, 0) is 14.2 Å². The third-order valence-corrected chi connectivity index (χ3v) is 5.12. The molecule has 0 amide bonds. The average molecular weight is 329 g/mol. The smallest absolute Gasteiger partial charge is 0.292 e. The Kier molecular flexibility index (Phi) is 11.9. The standard InChI is InChI=1S/C20H40O3/c1-8-11-12-13-14-15-18(4)19(16-9-2,17-10-3)20(21-5,22-6)23-7/h9,16,18H,8,10-15,17H2,1-7H3/t18?,19-/m1/s1. The summed E-state index contributed by atoms with van der Waals surface area (Å²) in [5, 5.41) is 0. The summed E-state index contributed by atoms with van der Waals surface area (Å²) in [6.45, 7) is 8.83. The fraction of sp³-hybridized carbons (Fsp3) is 0.900. The number of unbranched alkanes of at least 4 members (excludes halogenated alkanes) is 4. The molecule has 0 heterocycles. The van der Waals surface area contributed by atoms with E-state index in [0.717, 1.165) is 19.3 Å². The molecule has 23 heavy (non-hydrogen) atoms. The largest absolute Gasteiger partial charge is 0.330 e. The Bertz CT molecular complexity index is 302. The van der Waals surface area contributed by atoms with E-state index in [1.807, 2.05) is 0 Å². The molecule has 0 spiro atoms. The van der Waals surface area contributed by atoms with Gasteiger partial charge in [0.1, 0.15) is 0 Å². The Balaban J connectivity index is 5.31. The molecule has 0 aliphatic carbocycles. The highest BCUT2D eigenvalue weighted by atomic mass is 16.9. The second kappa shape index (κ2) is 12.0. The van der Waals surface area contributed by atoms with E-state index in [1.165, 1.54) is 32.1 Å². The minimum absolute atomic E-state index is 0.278. The third kappa shape index (κ3) is 5.58. The summed E-state index contributed by atoms with van der Waals surface area (Å²) in [5.41, 5.74) is -0.278. The molecule has 1 unspecified atom stereocenters. The molecule has 3 nitrogen and oxygen atoms in total. The number of hydrogen-bond acceptors (Lipinski definition) is 3. The first-order valence-corrected chi connectivity index (χ1v) is 9.33. The van der Waals surface area contributed by atoms with Gasteiger partial charge in [-0.15, -0.1) is 0 Å². The topological polar surface area (TPSA) is 27.7 Å². The van der Waals surface area contributed by atoms with Gasteiger partial charge in [0.05, 0.1) is 5.41 Å². The molecule has 0 aliphatic heterocycles. The zero-order valence-corrected chi connectivity index (χ0v) is 16.6. The van der Waals surface area contributed by atoms with Gasteiger partial charge in [0.15, 0.2) is 0 Å². The van der Waals surface area contributed by atoms with Crippen LogP contribution >= 0.6 is 0 Å². The predicted molar refractivity (Wildman–Crippen MR) is 98.5 cm³/mol. The highest BCUT2D eigenvalue weighted by Crippen LogP contribution is 2.49. The first-order chi connectivity index (χ1) is 11.0. The second-order valence-corrected chi connectivity index (χ2v) is 6.56. The van der Waals surface area contributed by atoms with Gasteiger partial charge in [-0.3, -0.25) is 0 Å². The van der Waals surface area contributed by atoms with Crippen LogP contribution in [0.3, 0.4) is 0 Å². The van der Waals surface area contributed by atoms with E-state index >= 15 is 0 Å². The molecule has 0 aliphatic rings. The van der Waals surface area contributed by atoms with Crippen molar-refractivity contribution in [2.45, 2.75) is 85.0 Å². The average Bonchev–Trinajstić information content (AvgIpc) is 2.56. The van der Waals surface area contributed by atoms with Crippen molar-refractivity contribution in [2.75, 3.05) is 21.3 Å². The summed E-state index contributed by atoms with van der Waals surface area (Å²) in [6, 6.07) is 0. The summed E-state index contributed by atoms with van der Waals surface area (Å²) in [5.74, 6) is -0.613. The zero-order valence-electron chi connectivity index (χ0n) is 16.6. The Labute approximate surface area is 144 Å². The molecule has 0 radical (unpaired) electrons. The van der Waals surface area contributed by atoms with Crippen LogP contribution in [0.5, 0.6) is 0 Å². The van der Waals surface area contributed by atoms with Gasteiger partial charge in [0, 0.05) is 21.3 Å². The van der Waals surface area contributed by atoms with Gasteiger partial charge in [-0.25, -0.2) is 0 Å². The molecule has 0 fully saturated rings. The van der Waals surface area contributed by atoms with E-state index in [1.54, 1.807) is 21.3 Å². The lowest BCUT2D eigenvalue weighted by atomic mass is 9.68. The lowest BCUT2D eigenvalue weighted by molar-refractivity contribution is -0.406. The molecule has 0 aromatic rings. The van der Waals surface area contributed by atoms with Gasteiger partial charge in [-0.05, 0) is 25.7 Å². The van der Waals surface area contributed by atoms with E-state index in [4.69, 9.17) is 14.2 Å². The monoisotopic (exact) mass is 328 g/mol. The van der Waals surface area contributed by atoms with Crippen LogP contribution in [0.2, 0.25) is 0 Å². The van der Waals surface area contributed by atoms with Crippen LogP contribution in [-0.4, -0.2) is 27.3 Å². The van der Waals surface area contributed by atoms with Crippen molar-refractivity contribution in [1.29, 1.82) is 0 Å². The molecule has 0 aromatic heterocycles. The maximum absolute atomic E-state index is 5.78. The van der Waals surface area contributed by atoms with Crippen LogP contribution < -0.4 is 0 Å². The van der Waals surface area contributed by atoms with Crippen LogP contribution in [0.4, 0.5) is 0 Å². The van der Waals surface area contributed by atoms with Crippen LogP contribution in [0, 0.1) is 11.3 Å². The quantitative estimate of drug-likeness (QED) is 0.224. The fourth-order valence-electron chi connectivity index (χ4n) is 3.89. The summed E-state index contributed by atoms with van der Waals surface area (Å²) in [4.78, 5) is 0. The molecule has 0 N–H and O–H groups in total. The number of ether oxygens (including phenoxy) is 3. The molecule has 0 saturated carbocycles. The molecule has 138 valence electrons. The SMILES string of the molecule is CC=C[C@@](CCC)(C(C)CCCCCCC)C(OC)(OC)OC. The maximum Gasteiger partial charge on any atom is 0.292 e. The van der Waals surface area contributed by atoms with Crippen molar-refractivity contribution in [3.05, 3.63) is 12.2 Å². The Morgan fingerprint density at radius 3 is 1.87 bits per heavy atom.